The number of ether oxygens (including phenoxy) is 2. The third kappa shape index (κ3) is 7.19. The van der Waals surface area contributed by atoms with Gasteiger partial charge in [0.25, 0.3) is 0 Å². The van der Waals surface area contributed by atoms with Crippen molar-refractivity contribution in [3.63, 3.8) is 0 Å². The first-order valence-electron chi connectivity index (χ1n) is 5.14. The SMILES string of the molecule is CNCCCN(CC(=O)OC)CC(=O)OC. The van der Waals surface area contributed by atoms with Gasteiger partial charge in [-0.25, -0.2) is 0 Å². The first-order chi connectivity index (χ1) is 7.63. The number of hydrogen-bond donors (Lipinski definition) is 1. The van der Waals surface area contributed by atoms with Crippen LogP contribution in [0.5, 0.6) is 0 Å². The van der Waals surface area contributed by atoms with E-state index in [4.69, 9.17) is 0 Å². The lowest BCUT2D eigenvalue weighted by Gasteiger charge is -2.19. The molecule has 0 atom stereocenters. The van der Waals surface area contributed by atoms with Crippen molar-refractivity contribution in [3.8, 4) is 0 Å². The summed E-state index contributed by atoms with van der Waals surface area (Å²) in [4.78, 5) is 23.9. The van der Waals surface area contributed by atoms with Crippen molar-refractivity contribution in [3.05, 3.63) is 0 Å². The molecule has 6 nitrogen and oxygen atoms in total. The van der Waals surface area contributed by atoms with Crippen molar-refractivity contribution in [2.45, 2.75) is 6.42 Å². The number of methoxy groups -OCH3 is 2. The minimum absolute atomic E-state index is 0.106. The molecule has 1 N–H and O–H groups in total. The lowest BCUT2D eigenvalue weighted by molar-refractivity contribution is -0.145. The highest BCUT2D eigenvalue weighted by Gasteiger charge is 2.14. The highest BCUT2D eigenvalue weighted by molar-refractivity contribution is 5.74. The molecule has 0 radical (unpaired) electrons. The van der Waals surface area contributed by atoms with Gasteiger partial charge in [-0.15, -0.1) is 0 Å². The molecule has 16 heavy (non-hydrogen) atoms. The summed E-state index contributed by atoms with van der Waals surface area (Å²) in [7, 11) is 4.50. The topological polar surface area (TPSA) is 67.9 Å². The maximum atomic E-state index is 11.1. The molecule has 0 aliphatic heterocycles. The fourth-order valence-corrected chi connectivity index (χ4v) is 1.19. The molecule has 0 unspecified atom stereocenters. The van der Waals surface area contributed by atoms with Crippen molar-refractivity contribution in [2.75, 3.05) is 47.4 Å². The predicted molar refractivity (Wildman–Crippen MR) is 59.0 cm³/mol. The van der Waals surface area contributed by atoms with E-state index in [1.165, 1.54) is 14.2 Å². The van der Waals surface area contributed by atoms with E-state index >= 15 is 0 Å². The van der Waals surface area contributed by atoms with Gasteiger partial charge in [-0.05, 0) is 20.0 Å². The number of nitrogens with zero attached hydrogens (tertiary/aromatic N) is 1. The number of carbonyl (C=O) groups is 2. The number of rotatable bonds is 8. The molecule has 0 amide bonds. The largest absolute Gasteiger partial charge is 0.468 e. The van der Waals surface area contributed by atoms with Crippen molar-refractivity contribution in [1.82, 2.24) is 10.2 Å². The van der Waals surface area contributed by atoms with Crippen molar-refractivity contribution in [1.29, 1.82) is 0 Å². The molecule has 0 aliphatic rings. The molecule has 6 heteroatoms. The Balaban J connectivity index is 4.04. The molecular weight excluding hydrogens is 212 g/mol. The average molecular weight is 232 g/mol. The van der Waals surface area contributed by atoms with Crippen LogP contribution in [0.25, 0.3) is 0 Å². The number of carbonyl (C=O) groups excluding carboxylic acids is 2. The maximum absolute atomic E-state index is 11.1. The van der Waals surface area contributed by atoms with E-state index in [2.05, 4.69) is 14.8 Å². The van der Waals surface area contributed by atoms with E-state index in [-0.39, 0.29) is 25.0 Å². The molecule has 0 aliphatic carbocycles. The van der Waals surface area contributed by atoms with E-state index < -0.39 is 0 Å². The quantitative estimate of drug-likeness (QED) is 0.438. The van der Waals surface area contributed by atoms with Crippen molar-refractivity contribution < 1.29 is 19.1 Å². The molecule has 0 saturated heterocycles. The summed E-state index contributed by atoms with van der Waals surface area (Å²) in [6, 6.07) is 0. The van der Waals surface area contributed by atoms with E-state index in [9.17, 15) is 9.59 Å². The van der Waals surface area contributed by atoms with E-state index in [0.717, 1.165) is 13.0 Å². The van der Waals surface area contributed by atoms with Crippen LogP contribution in [0, 0.1) is 0 Å². The molecule has 0 aromatic carbocycles. The zero-order chi connectivity index (χ0) is 12.4. The third-order valence-electron chi connectivity index (χ3n) is 2.06. The lowest BCUT2D eigenvalue weighted by Crippen LogP contribution is -2.37. The normalized spacial score (nSPS) is 10.2. The maximum Gasteiger partial charge on any atom is 0.319 e. The Kier molecular flexibility index (Phi) is 8.46. The molecule has 0 heterocycles. The predicted octanol–water partition coefficient (Wildman–Crippen LogP) is -0.756. The van der Waals surface area contributed by atoms with Gasteiger partial charge in [0.2, 0.25) is 0 Å². The summed E-state index contributed by atoms with van der Waals surface area (Å²) in [5.74, 6) is -0.707. The van der Waals surface area contributed by atoms with Crippen LogP contribution < -0.4 is 5.32 Å². The Bertz CT molecular complexity index is 203. The van der Waals surface area contributed by atoms with Gasteiger partial charge in [-0.1, -0.05) is 0 Å². The first kappa shape index (κ1) is 14.9. The second-order valence-electron chi connectivity index (χ2n) is 3.32. The summed E-state index contributed by atoms with van der Waals surface area (Å²) >= 11 is 0. The van der Waals surface area contributed by atoms with Gasteiger partial charge < -0.3 is 14.8 Å². The summed E-state index contributed by atoms with van der Waals surface area (Å²) in [6.45, 7) is 1.69. The van der Waals surface area contributed by atoms with Crippen molar-refractivity contribution in [2.24, 2.45) is 0 Å². The molecule has 0 saturated carbocycles. The van der Waals surface area contributed by atoms with Crippen LogP contribution in [0.1, 0.15) is 6.42 Å². The molecule has 0 aromatic rings. The Morgan fingerprint density at radius 3 is 2.00 bits per heavy atom. The fourth-order valence-electron chi connectivity index (χ4n) is 1.19. The number of esters is 2. The summed E-state index contributed by atoms with van der Waals surface area (Å²) in [5, 5.41) is 3.00. The van der Waals surface area contributed by atoms with Crippen LogP contribution in [0.15, 0.2) is 0 Å². The molecule has 94 valence electrons. The van der Waals surface area contributed by atoms with Crippen LogP contribution >= 0.6 is 0 Å². The molecule has 0 aromatic heterocycles. The third-order valence-corrected chi connectivity index (χ3v) is 2.06. The van der Waals surface area contributed by atoms with Gasteiger partial charge in [-0.3, -0.25) is 14.5 Å². The Labute approximate surface area is 95.9 Å². The van der Waals surface area contributed by atoms with Crippen LogP contribution in [-0.2, 0) is 19.1 Å². The zero-order valence-electron chi connectivity index (χ0n) is 10.1. The first-order valence-corrected chi connectivity index (χ1v) is 5.14. The Morgan fingerprint density at radius 1 is 1.12 bits per heavy atom. The minimum Gasteiger partial charge on any atom is -0.468 e. The summed E-state index contributed by atoms with van der Waals surface area (Å²) in [6.07, 6.45) is 0.852. The van der Waals surface area contributed by atoms with Gasteiger partial charge >= 0.3 is 11.9 Å². The van der Waals surface area contributed by atoms with Crippen molar-refractivity contribution >= 4 is 11.9 Å². The Hall–Kier alpha value is -1.14. The molecule has 0 fully saturated rings. The molecule has 0 rings (SSSR count). The number of hydrogen-bond acceptors (Lipinski definition) is 6. The smallest absolute Gasteiger partial charge is 0.319 e. The van der Waals surface area contributed by atoms with Crippen LogP contribution in [-0.4, -0.2) is 64.3 Å². The molecular formula is C10H20N2O4. The second kappa shape index (κ2) is 9.11. The standard InChI is InChI=1S/C10H20N2O4/c1-11-5-4-6-12(7-9(13)15-2)8-10(14)16-3/h11H,4-8H2,1-3H3. The van der Waals surface area contributed by atoms with E-state index in [1.807, 2.05) is 7.05 Å². The van der Waals surface area contributed by atoms with Gasteiger partial charge in [0, 0.05) is 6.54 Å². The highest BCUT2D eigenvalue weighted by Crippen LogP contribution is 1.93. The van der Waals surface area contributed by atoms with E-state index in [0.29, 0.717) is 6.54 Å². The second-order valence-corrected chi connectivity index (χ2v) is 3.32. The highest BCUT2D eigenvalue weighted by atomic mass is 16.5. The summed E-state index contributed by atoms with van der Waals surface area (Å²) in [5.41, 5.74) is 0. The van der Waals surface area contributed by atoms with Crippen LogP contribution in [0.4, 0.5) is 0 Å². The average Bonchev–Trinajstić information content (AvgIpc) is 2.28. The van der Waals surface area contributed by atoms with Gasteiger partial charge in [-0.2, -0.15) is 0 Å². The van der Waals surface area contributed by atoms with Gasteiger partial charge in [0.1, 0.15) is 0 Å². The lowest BCUT2D eigenvalue weighted by atomic mass is 10.3. The van der Waals surface area contributed by atoms with Gasteiger partial charge in [0.05, 0.1) is 27.3 Å². The molecule has 0 spiro atoms. The van der Waals surface area contributed by atoms with E-state index in [1.54, 1.807) is 4.90 Å². The fraction of sp³-hybridized carbons (Fsp3) is 0.800. The number of nitrogens with one attached hydrogen (secondary N) is 1. The zero-order valence-corrected chi connectivity index (χ0v) is 10.1. The Morgan fingerprint density at radius 2 is 1.62 bits per heavy atom. The summed E-state index contributed by atoms with van der Waals surface area (Å²) < 4.78 is 9.11. The molecule has 0 bridgehead atoms. The minimum atomic E-state index is -0.353. The van der Waals surface area contributed by atoms with Crippen LogP contribution in [0.3, 0.4) is 0 Å². The van der Waals surface area contributed by atoms with Crippen LogP contribution in [0.2, 0.25) is 0 Å². The monoisotopic (exact) mass is 232 g/mol. The van der Waals surface area contributed by atoms with Gasteiger partial charge in [0.15, 0.2) is 0 Å².